The molecule has 1 N–H and O–H groups in total. The van der Waals surface area contributed by atoms with E-state index in [-0.39, 0.29) is 25.7 Å². The molecule has 0 fully saturated rings. The predicted octanol–water partition coefficient (Wildman–Crippen LogP) is 2.18. The van der Waals surface area contributed by atoms with Gasteiger partial charge in [-0.1, -0.05) is 12.1 Å². The molecular weight excluding hydrogens is 348 g/mol. The number of carbonyl (C=O) groups is 1. The number of amides is 1. The number of nitrogens with zero attached hydrogens (tertiary/aromatic N) is 3. The van der Waals surface area contributed by atoms with Gasteiger partial charge in [0, 0.05) is 6.07 Å². The van der Waals surface area contributed by atoms with Crippen LogP contribution in [0.3, 0.4) is 0 Å². The Kier molecular flexibility index (Phi) is 5.99. The fourth-order valence-corrected chi connectivity index (χ4v) is 2.18. The molecule has 0 atom stereocenters. The van der Waals surface area contributed by atoms with Gasteiger partial charge in [-0.3, -0.25) is 4.79 Å². The molecule has 8 heteroatoms. The van der Waals surface area contributed by atoms with Crippen molar-refractivity contribution in [1.29, 1.82) is 5.26 Å². The maximum Gasteiger partial charge on any atom is 0.258 e. The zero-order chi connectivity index (χ0) is 18.9. The molecule has 0 aliphatic heterocycles. The van der Waals surface area contributed by atoms with E-state index in [1.165, 1.54) is 0 Å². The maximum atomic E-state index is 11.8. The number of para-hydroxylation sites is 1. The number of ether oxygens (including phenoxy) is 2. The topological polar surface area (TPSA) is 110 Å². The largest absolute Gasteiger partial charge is 0.482 e. The lowest BCUT2D eigenvalue weighted by atomic mass is 10.2. The van der Waals surface area contributed by atoms with Crippen molar-refractivity contribution in [2.24, 2.45) is 0 Å². The third-order valence-corrected chi connectivity index (χ3v) is 3.45. The standard InChI is InChI=1S/C19H16N4O4/c20-12-14-4-1-2-5-16(14)27-13-18(24)21-9-11-26-19-8-7-15(22-23-19)17-6-3-10-25-17/h1-8,10H,9,11,13H2,(H,21,24). The van der Waals surface area contributed by atoms with Crippen LogP contribution in [0.2, 0.25) is 0 Å². The van der Waals surface area contributed by atoms with Crippen molar-refractivity contribution in [3.63, 3.8) is 0 Å². The van der Waals surface area contributed by atoms with Crippen molar-refractivity contribution in [3.8, 4) is 29.2 Å². The number of carbonyl (C=O) groups excluding carboxylic acids is 1. The molecule has 1 aromatic carbocycles. The average Bonchev–Trinajstić information content (AvgIpc) is 3.25. The van der Waals surface area contributed by atoms with Crippen LogP contribution in [0.1, 0.15) is 5.56 Å². The molecule has 0 unspecified atom stereocenters. The van der Waals surface area contributed by atoms with E-state index in [2.05, 4.69) is 15.5 Å². The van der Waals surface area contributed by atoms with Gasteiger partial charge in [0.15, 0.2) is 12.4 Å². The molecule has 0 spiro atoms. The van der Waals surface area contributed by atoms with Crippen LogP contribution in [0.15, 0.2) is 59.2 Å². The molecule has 0 aliphatic carbocycles. The summed E-state index contributed by atoms with van der Waals surface area (Å²) in [5.41, 5.74) is 0.987. The Balaban J connectivity index is 1.37. The highest BCUT2D eigenvalue weighted by Crippen LogP contribution is 2.18. The van der Waals surface area contributed by atoms with Crippen LogP contribution in [0.5, 0.6) is 11.6 Å². The normalized spacial score (nSPS) is 10.0. The van der Waals surface area contributed by atoms with Crippen molar-refractivity contribution in [3.05, 3.63) is 60.4 Å². The van der Waals surface area contributed by atoms with Gasteiger partial charge in [-0.15, -0.1) is 10.2 Å². The first kappa shape index (κ1) is 17.9. The molecule has 1 amide bonds. The fourth-order valence-electron chi connectivity index (χ4n) is 2.18. The molecule has 136 valence electrons. The summed E-state index contributed by atoms with van der Waals surface area (Å²) in [5.74, 6) is 1.03. The molecule has 3 aromatic rings. The predicted molar refractivity (Wildman–Crippen MR) is 94.9 cm³/mol. The van der Waals surface area contributed by atoms with Gasteiger partial charge in [-0.05, 0) is 30.3 Å². The van der Waals surface area contributed by atoms with Gasteiger partial charge >= 0.3 is 0 Å². The zero-order valence-electron chi connectivity index (χ0n) is 14.3. The van der Waals surface area contributed by atoms with Crippen LogP contribution in [-0.4, -0.2) is 35.9 Å². The summed E-state index contributed by atoms with van der Waals surface area (Å²) >= 11 is 0. The molecule has 8 nitrogen and oxygen atoms in total. The lowest BCUT2D eigenvalue weighted by Gasteiger charge is -2.09. The first-order valence-electron chi connectivity index (χ1n) is 8.15. The summed E-state index contributed by atoms with van der Waals surface area (Å²) in [6.07, 6.45) is 1.56. The number of hydrogen-bond acceptors (Lipinski definition) is 7. The monoisotopic (exact) mass is 364 g/mol. The number of rotatable bonds is 8. The smallest absolute Gasteiger partial charge is 0.258 e. The number of aromatic nitrogens is 2. The average molecular weight is 364 g/mol. The quantitative estimate of drug-likeness (QED) is 0.610. The van der Waals surface area contributed by atoms with Crippen LogP contribution in [-0.2, 0) is 4.79 Å². The summed E-state index contributed by atoms with van der Waals surface area (Å²) in [5, 5.41) is 19.6. The van der Waals surface area contributed by atoms with Crippen LogP contribution in [0.4, 0.5) is 0 Å². The van der Waals surface area contributed by atoms with Crippen molar-refractivity contribution < 1.29 is 18.7 Å². The van der Waals surface area contributed by atoms with E-state index in [4.69, 9.17) is 19.2 Å². The number of benzene rings is 1. The SMILES string of the molecule is N#Cc1ccccc1OCC(=O)NCCOc1ccc(-c2ccco2)nn1. The van der Waals surface area contributed by atoms with E-state index >= 15 is 0 Å². The van der Waals surface area contributed by atoms with Crippen LogP contribution in [0, 0.1) is 11.3 Å². The second-order valence-corrected chi connectivity index (χ2v) is 5.33. The highest BCUT2D eigenvalue weighted by atomic mass is 16.5. The molecule has 0 radical (unpaired) electrons. The maximum absolute atomic E-state index is 11.8. The Bertz CT molecular complexity index is 918. The molecule has 3 rings (SSSR count). The Morgan fingerprint density at radius 1 is 1.11 bits per heavy atom. The lowest BCUT2D eigenvalue weighted by Crippen LogP contribution is -2.32. The summed E-state index contributed by atoms with van der Waals surface area (Å²) in [7, 11) is 0. The van der Waals surface area contributed by atoms with Crippen LogP contribution >= 0.6 is 0 Å². The number of hydrogen-bond donors (Lipinski definition) is 1. The van der Waals surface area contributed by atoms with Crippen molar-refractivity contribution in [2.45, 2.75) is 0 Å². The molecule has 0 aliphatic rings. The third-order valence-electron chi connectivity index (χ3n) is 3.45. The van der Waals surface area contributed by atoms with Gasteiger partial charge in [-0.2, -0.15) is 5.26 Å². The first-order chi connectivity index (χ1) is 13.3. The minimum atomic E-state index is -0.314. The summed E-state index contributed by atoms with van der Waals surface area (Å²) < 4.78 is 16.0. The molecule has 0 bridgehead atoms. The summed E-state index contributed by atoms with van der Waals surface area (Å²) in [6.45, 7) is 0.329. The second-order valence-electron chi connectivity index (χ2n) is 5.33. The number of furan rings is 1. The van der Waals surface area contributed by atoms with Gasteiger partial charge in [-0.25, -0.2) is 0 Å². The second kappa shape index (κ2) is 9.01. The van der Waals surface area contributed by atoms with Crippen molar-refractivity contribution in [2.75, 3.05) is 19.8 Å². The summed E-state index contributed by atoms with van der Waals surface area (Å²) in [6, 6.07) is 15.7. The Hall–Kier alpha value is -3.86. The van der Waals surface area contributed by atoms with Crippen molar-refractivity contribution in [1.82, 2.24) is 15.5 Å². The van der Waals surface area contributed by atoms with Gasteiger partial charge in [0.1, 0.15) is 24.1 Å². The molecule has 0 saturated heterocycles. The zero-order valence-corrected chi connectivity index (χ0v) is 14.3. The van der Waals surface area contributed by atoms with E-state index in [9.17, 15) is 4.79 Å². The molecule has 27 heavy (non-hydrogen) atoms. The van der Waals surface area contributed by atoms with Gasteiger partial charge in [0.25, 0.3) is 5.91 Å². The Morgan fingerprint density at radius 2 is 2.00 bits per heavy atom. The minimum Gasteiger partial charge on any atom is -0.482 e. The van der Waals surface area contributed by atoms with E-state index in [0.29, 0.717) is 28.6 Å². The highest BCUT2D eigenvalue weighted by molar-refractivity contribution is 5.77. The minimum absolute atomic E-state index is 0.184. The highest BCUT2D eigenvalue weighted by Gasteiger charge is 2.07. The van der Waals surface area contributed by atoms with Gasteiger partial charge in [0.05, 0.1) is 18.4 Å². The molecule has 0 saturated carbocycles. The third kappa shape index (κ3) is 5.06. The van der Waals surface area contributed by atoms with Crippen LogP contribution in [0.25, 0.3) is 11.5 Å². The molecule has 2 aromatic heterocycles. The van der Waals surface area contributed by atoms with E-state index < -0.39 is 0 Å². The Morgan fingerprint density at radius 3 is 2.74 bits per heavy atom. The van der Waals surface area contributed by atoms with E-state index in [1.807, 2.05) is 6.07 Å². The Labute approximate surface area is 155 Å². The van der Waals surface area contributed by atoms with Crippen molar-refractivity contribution >= 4 is 5.91 Å². The first-order valence-corrected chi connectivity index (χ1v) is 8.15. The van der Waals surface area contributed by atoms with Gasteiger partial charge < -0.3 is 19.2 Å². The van der Waals surface area contributed by atoms with E-state index in [0.717, 1.165) is 0 Å². The van der Waals surface area contributed by atoms with E-state index in [1.54, 1.807) is 54.8 Å². The number of nitriles is 1. The van der Waals surface area contributed by atoms with Crippen LogP contribution < -0.4 is 14.8 Å². The fraction of sp³-hybridized carbons (Fsp3) is 0.158. The summed E-state index contributed by atoms with van der Waals surface area (Å²) in [4.78, 5) is 11.8. The molecular formula is C19H16N4O4. The van der Waals surface area contributed by atoms with Gasteiger partial charge in [0.2, 0.25) is 5.88 Å². The number of nitrogens with one attached hydrogen (secondary N) is 1. The molecule has 2 heterocycles. The lowest BCUT2D eigenvalue weighted by molar-refractivity contribution is -0.123.